The van der Waals surface area contributed by atoms with Gasteiger partial charge in [0, 0.05) is 25.7 Å². The molecule has 4 heteroatoms. The smallest absolute Gasteiger partial charge is 0.122 e. The Morgan fingerprint density at radius 1 is 1.24 bits per heavy atom. The van der Waals surface area contributed by atoms with Crippen LogP contribution in [-0.2, 0) is 11.2 Å². The molecule has 2 atom stereocenters. The van der Waals surface area contributed by atoms with Crippen LogP contribution in [0.1, 0.15) is 19.4 Å². The zero-order chi connectivity index (χ0) is 15.7. The molecule has 0 heterocycles. The van der Waals surface area contributed by atoms with E-state index in [0.29, 0.717) is 12.1 Å². The molecule has 4 nitrogen and oxygen atoms in total. The lowest BCUT2D eigenvalue weighted by Crippen LogP contribution is -2.45. The summed E-state index contributed by atoms with van der Waals surface area (Å²) in [6, 6.07) is 9.05. The third kappa shape index (κ3) is 6.04. The summed E-state index contributed by atoms with van der Waals surface area (Å²) in [7, 11) is 5.65. The minimum absolute atomic E-state index is 0.366. The molecule has 120 valence electrons. The molecule has 0 aliphatic carbocycles. The minimum atomic E-state index is 0.366. The Bertz CT molecular complexity index is 392. The van der Waals surface area contributed by atoms with E-state index < -0.39 is 0 Å². The van der Waals surface area contributed by atoms with Gasteiger partial charge in [-0.1, -0.05) is 25.1 Å². The predicted molar refractivity (Wildman–Crippen MR) is 88.1 cm³/mol. The van der Waals surface area contributed by atoms with Crippen LogP contribution < -0.4 is 10.1 Å². The lowest BCUT2D eigenvalue weighted by atomic mass is 10.0. The molecule has 21 heavy (non-hydrogen) atoms. The van der Waals surface area contributed by atoms with Gasteiger partial charge in [0.15, 0.2) is 0 Å². The number of methoxy groups -OCH3 is 2. The molecule has 0 amide bonds. The zero-order valence-corrected chi connectivity index (χ0v) is 14.1. The predicted octanol–water partition coefficient (Wildman–Crippen LogP) is 2.18. The van der Waals surface area contributed by atoms with Crippen molar-refractivity contribution in [3.05, 3.63) is 29.8 Å². The van der Waals surface area contributed by atoms with E-state index in [4.69, 9.17) is 9.47 Å². The molecule has 1 aromatic rings. The summed E-state index contributed by atoms with van der Waals surface area (Å²) >= 11 is 0. The van der Waals surface area contributed by atoms with Crippen molar-refractivity contribution in [1.82, 2.24) is 10.2 Å². The average molecular weight is 294 g/mol. The van der Waals surface area contributed by atoms with E-state index in [0.717, 1.165) is 31.9 Å². The van der Waals surface area contributed by atoms with Gasteiger partial charge in [-0.15, -0.1) is 0 Å². The van der Waals surface area contributed by atoms with Gasteiger partial charge < -0.3 is 19.7 Å². The third-order valence-electron chi connectivity index (χ3n) is 3.83. The highest BCUT2D eigenvalue weighted by Gasteiger charge is 2.16. The number of para-hydroxylation sites is 1. The van der Waals surface area contributed by atoms with E-state index >= 15 is 0 Å². The summed E-state index contributed by atoms with van der Waals surface area (Å²) in [5.74, 6) is 0.970. The first kappa shape index (κ1) is 18.0. The van der Waals surface area contributed by atoms with Crippen molar-refractivity contribution >= 4 is 0 Å². The molecule has 0 aromatic heterocycles. The monoisotopic (exact) mass is 294 g/mol. The Balaban J connectivity index is 2.58. The van der Waals surface area contributed by atoms with E-state index in [1.54, 1.807) is 14.2 Å². The molecular weight excluding hydrogens is 264 g/mol. The largest absolute Gasteiger partial charge is 0.496 e. The van der Waals surface area contributed by atoms with E-state index in [9.17, 15) is 0 Å². The first-order valence-corrected chi connectivity index (χ1v) is 7.66. The highest BCUT2D eigenvalue weighted by atomic mass is 16.5. The Morgan fingerprint density at radius 3 is 2.57 bits per heavy atom. The van der Waals surface area contributed by atoms with E-state index in [1.807, 2.05) is 12.1 Å². The fraction of sp³-hybridized carbons (Fsp3) is 0.647. The second kappa shape index (κ2) is 9.77. The van der Waals surface area contributed by atoms with E-state index in [2.05, 4.69) is 43.2 Å². The van der Waals surface area contributed by atoms with Crippen molar-refractivity contribution in [2.24, 2.45) is 0 Å². The fourth-order valence-electron chi connectivity index (χ4n) is 2.54. The first-order valence-electron chi connectivity index (χ1n) is 7.66. The summed E-state index contributed by atoms with van der Waals surface area (Å²) in [6.07, 6.45) is 0.979. The second-order valence-electron chi connectivity index (χ2n) is 5.51. The SMILES string of the molecule is CCNC(COC)CN(C)C(C)Cc1ccccc1OC. The maximum atomic E-state index is 5.43. The summed E-state index contributed by atoms with van der Waals surface area (Å²) in [5.41, 5.74) is 1.26. The maximum absolute atomic E-state index is 5.43. The van der Waals surface area contributed by atoms with Crippen LogP contribution in [-0.4, -0.2) is 57.9 Å². The van der Waals surface area contributed by atoms with Crippen LogP contribution in [0.5, 0.6) is 5.75 Å². The van der Waals surface area contributed by atoms with Crippen molar-refractivity contribution < 1.29 is 9.47 Å². The maximum Gasteiger partial charge on any atom is 0.122 e. The van der Waals surface area contributed by atoms with Crippen molar-refractivity contribution in [3.63, 3.8) is 0 Å². The van der Waals surface area contributed by atoms with Crippen molar-refractivity contribution in [3.8, 4) is 5.75 Å². The Kier molecular flexibility index (Phi) is 8.35. The summed E-state index contributed by atoms with van der Waals surface area (Å²) in [6.45, 7) is 7.05. The van der Waals surface area contributed by atoms with E-state index in [-0.39, 0.29) is 0 Å². The second-order valence-corrected chi connectivity index (χ2v) is 5.51. The quantitative estimate of drug-likeness (QED) is 0.717. The average Bonchev–Trinajstić information content (AvgIpc) is 2.48. The first-order chi connectivity index (χ1) is 10.1. The van der Waals surface area contributed by atoms with Gasteiger partial charge in [0.1, 0.15) is 5.75 Å². The van der Waals surface area contributed by atoms with Crippen LogP contribution >= 0.6 is 0 Å². The minimum Gasteiger partial charge on any atom is -0.496 e. The number of benzene rings is 1. The van der Waals surface area contributed by atoms with Crippen molar-refractivity contribution in [2.45, 2.75) is 32.4 Å². The van der Waals surface area contributed by atoms with Crippen LogP contribution in [0.2, 0.25) is 0 Å². The number of likely N-dealkylation sites (N-methyl/N-ethyl adjacent to an activating group) is 2. The number of hydrogen-bond donors (Lipinski definition) is 1. The highest BCUT2D eigenvalue weighted by Crippen LogP contribution is 2.20. The molecule has 0 saturated carbocycles. The van der Waals surface area contributed by atoms with Crippen LogP contribution in [0, 0.1) is 0 Å². The number of ether oxygens (including phenoxy) is 2. The molecular formula is C17H30N2O2. The summed E-state index contributed by atoms with van der Waals surface area (Å²) < 4.78 is 10.7. The Labute approximate surface area is 129 Å². The molecule has 0 radical (unpaired) electrons. The van der Waals surface area contributed by atoms with Gasteiger partial charge in [-0.2, -0.15) is 0 Å². The molecule has 0 fully saturated rings. The number of rotatable bonds is 10. The molecule has 0 aliphatic rings. The molecule has 1 aromatic carbocycles. The molecule has 1 rings (SSSR count). The van der Waals surface area contributed by atoms with Crippen LogP contribution in [0.3, 0.4) is 0 Å². The molecule has 0 spiro atoms. The zero-order valence-electron chi connectivity index (χ0n) is 14.1. The fourth-order valence-corrected chi connectivity index (χ4v) is 2.54. The molecule has 0 saturated heterocycles. The van der Waals surface area contributed by atoms with Gasteiger partial charge in [-0.3, -0.25) is 0 Å². The van der Waals surface area contributed by atoms with Gasteiger partial charge >= 0.3 is 0 Å². The van der Waals surface area contributed by atoms with E-state index in [1.165, 1.54) is 5.56 Å². The van der Waals surface area contributed by atoms with Gasteiger partial charge in [-0.25, -0.2) is 0 Å². The van der Waals surface area contributed by atoms with Crippen LogP contribution in [0.4, 0.5) is 0 Å². The summed E-state index contributed by atoms with van der Waals surface area (Å²) in [5, 5.41) is 3.46. The van der Waals surface area contributed by atoms with Crippen LogP contribution in [0.25, 0.3) is 0 Å². The molecule has 0 bridgehead atoms. The van der Waals surface area contributed by atoms with Crippen LogP contribution in [0.15, 0.2) is 24.3 Å². The number of nitrogens with zero attached hydrogens (tertiary/aromatic N) is 1. The Morgan fingerprint density at radius 2 is 1.95 bits per heavy atom. The van der Waals surface area contributed by atoms with Crippen molar-refractivity contribution in [1.29, 1.82) is 0 Å². The summed E-state index contributed by atoms with van der Waals surface area (Å²) in [4.78, 5) is 2.37. The third-order valence-corrected chi connectivity index (χ3v) is 3.83. The standard InChI is InChI=1S/C17H30N2O2/c1-6-18-16(13-20-4)12-19(3)14(2)11-15-9-7-8-10-17(15)21-5/h7-10,14,16,18H,6,11-13H2,1-5H3. The molecule has 0 aliphatic heterocycles. The Hall–Kier alpha value is -1.10. The molecule has 2 unspecified atom stereocenters. The van der Waals surface area contributed by atoms with Gasteiger partial charge in [0.25, 0.3) is 0 Å². The lowest BCUT2D eigenvalue weighted by molar-refractivity contribution is 0.135. The van der Waals surface area contributed by atoms with Crippen molar-refractivity contribution in [2.75, 3.05) is 41.0 Å². The van der Waals surface area contributed by atoms with Gasteiger partial charge in [0.05, 0.1) is 13.7 Å². The number of nitrogens with one attached hydrogen (secondary N) is 1. The molecule has 1 N–H and O–H groups in total. The number of hydrogen-bond acceptors (Lipinski definition) is 4. The lowest BCUT2D eigenvalue weighted by Gasteiger charge is -2.29. The van der Waals surface area contributed by atoms with Gasteiger partial charge in [0.2, 0.25) is 0 Å². The topological polar surface area (TPSA) is 33.7 Å². The van der Waals surface area contributed by atoms with Gasteiger partial charge in [-0.05, 0) is 38.6 Å². The highest BCUT2D eigenvalue weighted by molar-refractivity contribution is 5.33. The normalized spacial score (nSPS) is 14.2.